The zero-order chi connectivity index (χ0) is 11.8. The van der Waals surface area contributed by atoms with E-state index >= 15 is 0 Å². The van der Waals surface area contributed by atoms with Gasteiger partial charge in [0, 0.05) is 17.3 Å². The molecule has 0 spiro atoms. The molecule has 1 heterocycles. The van der Waals surface area contributed by atoms with E-state index in [1.165, 1.54) is 0 Å². The Balaban J connectivity index is 1.74. The van der Waals surface area contributed by atoms with Gasteiger partial charge >= 0.3 is 0 Å². The predicted octanol–water partition coefficient (Wildman–Crippen LogP) is 1.92. The number of nitrogens with one attached hydrogen (secondary N) is 2. The van der Waals surface area contributed by atoms with Gasteiger partial charge < -0.3 is 10.6 Å². The fourth-order valence-electron chi connectivity index (χ4n) is 2.22. The van der Waals surface area contributed by atoms with Gasteiger partial charge in [-0.25, -0.2) is 0 Å². The third-order valence-electron chi connectivity index (χ3n) is 3.47. The van der Waals surface area contributed by atoms with Gasteiger partial charge in [-0.05, 0) is 36.6 Å². The number of hydrogen-bond acceptors (Lipinski definition) is 2. The van der Waals surface area contributed by atoms with Crippen LogP contribution in [0.1, 0.15) is 24.8 Å². The number of carbonyl (C=O) groups excluding carboxylic acids is 2. The molecule has 1 aromatic carbocycles. The number of carbonyl (C=O) groups is 2. The molecule has 0 bridgehead atoms. The van der Waals surface area contributed by atoms with E-state index in [1.807, 2.05) is 18.2 Å². The van der Waals surface area contributed by atoms with Crippen LogP contribution in [0.3, 0.4) is 0 Å². The summed E-state index contributed by atoms with van der Waals surface area (Å²) in [6.45, 7) is 0. The highest BCUT2D eigenvalue weighted by atomic mass is 16.2. The number of benzene rings is 1. The Morgan fingerprint density at radius 1 is 1.35 bits per heavy atom. The van der Waals surface area contributed by atoms with Crippen LogP contribution in [0.15, 0.2) is 18.2 Å². The number of anilines is 2. The van der Waals surface area contributed by atoms with Gasteiger partial charge in [-0.15, -0.1) is 0 Å². The van der Waals surface area contributed by atoms with Gasteiger partial charge in [-0.2, -0.15) is 0 Å². The average molecular weight is 230 g/mol. The number of rotatable bonds is 2. The molecule has 3 rings (SSSR count). The van der Waals surface area contributed by atoms with Gasteiger partial charge in [-0.3, -0.25) is 9.59 Å². The van der Waals surface area contributed by atoms with Gasteiger partial charge in [0.2, 0.25) is 11.8 Å². The Kier molecular flexibility index (Phi) is 2.35. The highest BCUT2D eigenvalue weighted by molar-refractivity contribution is 6.00. The first-order chi connectivity index (χ1) is 8.22. The molecule has 1 aliphatic heterocycles. The summed E-state index contributed by atoms with van der Waals surface area (Å²) in [4.78, 5) is 23.0. The van der Waals surface area contributed by atoms with Gasteiger partial charge in [0.25, 0.3) is 0 Å². The van der Waals surface area contributed by atoms with Crippen LogP contribution in [0.4, 0.5) is 11.4 Å². The zero-order valence-electron chi connectivity index (χ0n) is 9.45. The van der Waals surface area contributed by atoms with Crippen LogP contribution in [0, 0.1) is 5.92 Å². The molecule has 4 nitrogen and oxygen atoms in total. The van der Waals surface area contributed by atoms with E-state index in [0.29, 0.717) is 6.42 Å². The van der Waals surface area contributed by atoms with Crippen LogP contribution in [0.25, 0.3) is 0 Å². The van der Waals surface area contributed by atoms with E-state index in [-0.39, 0.29) is 17.7 Å². The van der Waals surface area contributed by atoms with E-state index in [2.05, 4.69) is 10.6 Å². The number of amides is 2. The first kappa shape index (κ1) is 10.3. The van der Waals surface area contributed by atoms with Crippen LogP contribution in [-0.2, 0) is 16.0 Å². The van der Waals surface area contributed by atoms with Crippen LogP contribution in [-0.4, -0.2) is 11.8 Å². The molecule has 1 saturated carbocycles. The summed E-state index contributed by atoms with van der Waals surface area (Å²) < 4.78 is 0. The smallest absolute Gasteiger partial charge is 0.228 e. The molecule has 88 valence electrons. The van der Waals surface area contributed by atoms with E-state index in [1.54, 1.807) is 0 Å². The molecular weight excluding hydrogens is 216 g/mol. The molecule has 0 aromatic heterocycles. The van der Waals surface area contributed by atoms with Gasteiger partial charge in [0.05, 0.1) is 6.42 Å². The topological polar surface area (TPSA) is 58.2 Å². The highest BCUT2D eigenvalue weighted by Gasteiger charge is 2.25. The Hall–Kier alpha value is -1.84. The average Bonchev–Trinajstić information content (AvgIpc) is 2.54. The van der Waals surface area contributed by atoms with Crippen LogP contribution in [0.5, 0.6) is 0 Å². The molecule has 2 N–H and O–H groups in total. The second-order valence-corrected chi connectivity index (χ2v) is 4.71. The number of fused-ring (bicyclic) bond motifs is 1. The minimum Gasteiger partial charge on any atom is -0.326 e. The number of hydrogen-bond donors (Lipinski definition) is 2. The third kappa shape index (κ3) is 1.90. The third-order valence-corrected chi connectivity index (χ3v) is 3.47. The molecule has 2 amide bonds. The fraction of sp³-hybridized carbons (Fsp3) is 0.385. The van der Waals surface area contributed by atoms with Crippen molar-refractivity contribution in [2.24, 2.45) is 5.92 Å². The monoisotopic (exact) mass is 230 g/mol. The van der Waals surface area contributed by atoms with Crippen molar-refractivity contribution in [2.45, 2.75) is 25.7 Å². The summed E-state index contributed by atoms with van der Waals surface area (Å²) in [7, 11) is 0. The molecule has 0 atom stereocenters. The summed E-state index contributed by atoms with van der Waals surface area (Å²) in [6, 6.07) is 5.56. The van der Waals surface area contributed by atoms with Crippen molar-refractivity contribution in [3.63, 3.8) is 0 Å². The van der Waals surface area contributed by atoms with E-state index in [4.69, 9.17) is 0 Å². The molecule has 1 aliphatic carbocycles. The quantitative estimate of drug-likeness (QED) is 0.815. The molecule has 2 aliphatic rings. The predicted molar refractivity (Wildman–Crippen MR) is 64.7 cm³/mol. The van der Waals surface area contributed by atoms with Crippen molar-refractivity contribution in [1.29, 1.82) is 0 Å². The van der Waals surface area contributed by atoms with E-state index < -0.39 is 0 Å². The summed E-state index contributed by atoms with van der Waals surface area (Å²) in [5, 5.41) is 5.68. The maximum absolute atomic E-state index is 11.8. The molecule has 4 heteroatoms. The summed E-state index contributed by atoms with van der Waals surface area (Å²) in [6.07, 6.45) is 3.55. The minimum absolute atomic E-state index is 0.0162. The summed E-state index contributed by atoms with van der Waals surface area (Å²) in [5.41, 5.74) is 2.61. The van der Waals surface area contributed by atoms with Gasteiger partial charge in [0.15, 0.2) is 0 Å². The molecule has 1 aromatic rings. The normalized spacial score (nSPS) is 18.2. The maximum Gasteiger partial charge on any atom is 0.228 e. The molecule has 17 heavy (non-hydrogen) atoms. The molecule has 0 unspecified atom stereocenters. The Labute approximate surface area is 99.4 Å². The Morgan fingerprint density at radius 3 is 2.88 bits per heavy atom. The fourth-order valence-corrected chi connectivity index (χ4v) is 2.22. The molecule has 0 saturated heterocycles. The highest BCUT2D eigenvalue weighted by Crippen LogP contribution is 2.29. The van der Waals surface area contributed by atoms with E-state index in [9.17, 15) is 9.59 Å². The lowest BCUT2D eigenvalue weighted by Gasteiger charge is -2.24. The zero-order valence-corrected chi connectivity index (χ0v) is 9.45. The molecular formula is C13H14N2O2. The van der Waals surface area contributed by atoms with Crippen LogP contribution >= 0.6 is 0 Å². The van der Waals surface area contributed by atoms with Crippen molar-refractivity contribution < 1.29 is 9.59 Å². The lowest BCUT2D eigenvalue weighted by atomic mass is 9.85. The lowest BCUT2D eigenvalue weighted by molar-refractivity contribution is -0.122. The van der Waals surface area contributed by atoms with Crippen LogP contribution < -0.4 is 10.6 Å². The molecule has 0 radical (unpaired) electrons. The standard InChI is InChI=1S/C13H14N2O2/c16-12-7-9-6-10(4-5-11(9)15-12)14-13(17)8-2-1-3-8/h4-6,8H,1-3,7H2,(H,14,17)(H,15,16). The Bertz CT molecular complexity index is 492. The summed E-state index contributed by atoms with van der Waals surface area (Å²) in [5.74, 6) is 0.305. The second-order valence-electron chi connectivity index (χ2n) is 4.71. The first-order valence-electron chi connectivity index (χ1n) is 5.96. The maximum atomic E-state index is 11.8. The lowest BCUT2D eigenvalue weighted by Crippen LogP contribution is -2.28. The second kappa shape index (κ2) is 3.87. The first-order valence-corrected chi connectivity index (χ1v) is 5.96. The molecule has 1 fully saturated rings. The van der Waals surface area contributed by atoms with Crippen molar-refractivity contribution in [3.8, 4) is 0 Å². The van der Waals surface area contributed by atoms with Crippen molar-refractivity contribution in [3.05, 3.63) is 23.8 Å². The van der Waals surface area contributed by atoms with Crippen molar-refractivity contribution >= 4 is 23.2 Å². The largest absolute Gasteiger partial charge is 0.326 e. The Morgan fingerprint density at radius 2 is 2.18 bits per heavy atom. The van der Waals surface area contributed by atoms with Crippen molar-refractivity contribution in [2.75, 3.05) is 10.6 Å². The van der Waals surface area contributed by atoms with Gasteiger partial charge in [-0.1, -0.05) is 6.42 Å². The van der Waals surface area contributed by atoms with Gasteiger partial charge in [0.1, 0.15) is 0 Å². The SMILES string of the molecule is O=C1Cc2cc(NC(=O)C3CCC3)ccc2N1. The van der Waals surface area contributed by atoms with Crippen molar-refractivity contribution in [1.82, 2.24) is 0 Å². The summed E-state index contributed by atoms with van der Waals surface area (Å²) >= 11 is 0. The minimum atomic E-state index is 0.0162. The van der Waals surface area contributed by atoms with Crippen LogP contribution in [0.2, 0.25) is 0 Å². The van der Waals surface area contributed by atoms with E-state index in [0.717, 1.165) is 36.2 Å².